The van der Waals surface area contributed by atoms with Crippen LogP contribution in [0.15, 0.2) is 18.2 Å². The Balaban J connectivity index is 2.91. The van der Waals surface area contributed by atoms with Gasteiger partial charge in [0.05, 0.1) is 0 Å². The summed E-state index contributed by atoms with van der Waals surface area (Å²) in [4.78, 5) is 11.9. The topological polar surface area (TPSA) is 17.1 Å². The van der Waals surface area contributed by atoms with E-state index in [2.05, 4.69) is 6.92 Å². The number of ketones is 1. The van der Waals surface area contributed by atoms with Gasteiger partial charge in [0, 0.05) is 15.1 Å². The number of hydrogen-bond acceptors (Lipinski definition) is 1. The number of rotatable bonds is 4. The van der Waals surface area contributed by atoms with Crippen LogP contribution in [0.5, 0.6) is 0 Å². The summed E-state index contributed by atoms with van der Waals surface area (Å²) >= 11 is 2.00. The summed E-state index contributed by atoms with van der Waals surface area (Å²) in [6.45, 7) is 3.98. The Morgan fingerprint density at radius 2 is 2.20 bits per heavy atom. The first-order chi connectivity index (χ1) is 7.06. The van der Waals surface area contributed by atoms with Crippen molar-refractivity contribution in [1.29, 1.82) is 0 Å². The zero-order chi connectivity index (χ0) is 11.4. The molecule has 82 valence electrons. The van der Waals surface area contributed by atoms with Crippen LogP contribution in [0.4, 0.5) is 4.39 Å². The molecule has 1 atom stereocenters. The van der Waals surface area contributed by atoms with Gasteiger partial charge >= 0.3 is 0 Å². The first kappa shape index (κ1) is 12.6. The summed E-state index contributed by atoms with van der Waals surface area (Å²) in [6.07, 6.45) is 1.87. The quantitative estimate of drug-likeness (QED) is 0.604. The second kappa shape index (κ2) is 5.58. The van der Waals surface area contributed by atoms with Crippen LogP contribution in [0, 0.1) is 15.3 Å². The molecular weight excluding hydrogens is 306 g/mol. The van der Waals surface area contributed by atoms with Gasteiger partial charge in [0.2, 0.25) is 0 Å². The van der Waals surface area contributed by atoms with E-state index in [1.54, 1.807) is 6.07 Å². The van der Waals surface area contributed by atoms with E-state index in [0.29, 0.717) is 9.13 Å². The Kier molecular flexibility index (Phi) is 4.70. The molecule has 0 heterocycles. The number of halogens is 2. The van der Waals surface area contributed by atoms with Crippen molar-refractivity contribution in [3.05, 3.63) is 33.1 Å². The highest BCUT2D eigenvalue weighted by atomic mass is 127. The molecule has 0 saturated carbocycles. The van der Waals surface area contributed by atoms with Gasteiger partial charge in [-0.15, -0.1) is 0 Å². The fourth-order valence-corrected chi connectivity index (χ4v) is 2.26. The number of carbonyl (C=O) groups excluding carboxylic acids is 1. The van der Waals surface area contributed by atoms with Gasteiger partial charge in [-0.3, -0.25) is 4.79 Å². The summed E-state index contributed by atoms with van der Waals surface area (Å²) in [5.41, 5.74) is 0.637. The maximum atomic E-state index is 12.8. The van der Waals surface area contributed by atoms with Crippen molar-refractivity contribution in [3.8, 4) is 0 Å². The van der Waals surface area contributed by atoms with Gasteiger partial charge in [0.1, 0.15) is 5.82 Å². The van der Waals surface area contributed by atoms with E-state index in [1.807, 2.05) is 29.5 Å². The van der Waals surface area contributed by atoms with Crippen molar-refractivity contribution >= 4 is 28.4 Å². The number of benzene rings is 1. The minimum absolute atomic E-state index is 0.0222. The fraction of sp³-hybridized carbons (Fsp3) is 0.417. The SMILES string of the molecule is CCCC(C)C(=O)c1ccc(F)cc1I. The van der Waals surface area contributed by atoms with E-state index in [-0.39, 0.29) is 17.5 Å². The maximum Gasteiger partial charge on any atom is 0.166 e. The van der Waals surface area contributed by atoms with Crippen LogP contribution in [-0.2, 0) is 0 Å². The number of Topliss-reactive ketones (excluding diaryl/α,β-unsaturated/α-hetero) is 1. The average Bonchev–Trinajstić information content (AvgIpc) is 2.17. The van der Waals surface area contributed by atoms with E-state index >= 15 is 0 Å². The molecule has 0 aliphatic carbocycles. The predicted molar refractivity (Wildman–Crippen MR) is 67.5 cm³/mol. The third kappa shape index (κ3) is 3.26. The van der Waals surface area contributed by atoms with Gasteiger partial charge in [-0.25, -0.2) is 4.39 Å². The van der Waals surface area contributed by atoms with Crippen LogP contribution >= 0.6 is 22.6 Å². The monoisotopic (exact) mass is 320 g/mol. The lowest BCUT2D eigenvalue weighted by molar-refractivity contribution is 0.0922. The molecule has 1 rings (SSSR count). The Bertz CT molecular complexity index is 363. The third-order valence-corrected chi connectivity index (χ3v) is 3.26. The highest BCUT2D eigenvalue weighted by Gasteiger charge is 2.16. The molecule has 1 nitrogen and oxygen atoms in total. The van der Waals surface area contributed by atoms with Crippen molar-refractivity contribution < 1.29 is 9.18 Å². The molecule has 0 saturated heterocycles. The molecule has 0 spiro atoms. The normalized spacial score (nSPS) is 12.5. The molecule has 0 fully saturated rings. The van der Waals surface area contributed by atoms with Crippen molar-refractivity contribution in [2.45, 2.75) is 26.7 Å². The summed E-state index contributed by atoms with van der Waals surface area (Å²) in [7, 11) is 0. The van der Waals surface area contributed by atoms with E-state index in [9.17, 15) is 9.18 Å². The highest BCUT2D eigenvalue weighted by molar-refractivity contribution is 14.1. The molecule has 3 heteroatoms. The van der Waals surface area contributed by atoms with Gasteiger partial charge < -0.3 is 0 Å². The van der Waals surface area contributed by atoms with Crippen LogP contribution < -0.4 is 0 Å². The molecule has 0 bridgehead atoms. The maximum absolute atomic E-state index is 12.8. The second-order valence-electron chi connectivity index (χ2n) is 3.68. The fourth-order valence-electron chi connectivity index (χ4n) is 1.52. The van der Waals surface area contributed by atoms with Crippen molar-refractivity contribution in [2.24, 2.45) is 5.92 Å². The predicted octanol–water partition coefficient (Wildman–Crippen LogP) is 4.05. The smallest absolute Gasteiger partial charge is 0.166 e. The van der Waals surface area contributed by atoms with E-state index in [0.717, 1.165) is 12.8 Å². The minimum atomic E-state index is -0.293. The molecule has 0 amide bonds. The molecule has 15 heavy (non-hydrogen) atoms. The van der Waals surface area contributed by atoms with Gasteiger partial charge in [0.25, 0.3) is 0 Å². The lowest BCUT2D eigenvalue weighted by Gasteiger charge is -2.10. The van der Waals surface area contributed by atoms with Crippen molar-refractivity contribution in [2.75, 3.05) is 0 Å². The summed E-state index contributed by atoms with van der Waals surface area (Å²) in [6, 6.07) is 4.31. The van der Waals surface area contributed by atoms with E-state index in [4.69, 9.17) is 0 Å². The first-order valence-corrected chi connectivity index (χ1v) is 6.13. The Morgan fingerprint density at radius 1 is 1.53 bits per heavy atom. The van der Waals surface area contributed by atoms with Crippen molar-refractivity contribution in [1.82, 2.24) is 0 Å². The van der Waals surface area contributed by atoms with E-state index < -0.39 is 0 Å². The molecule has 0 aromatic heterocycles. The van der Waals surface area contributed by atoms with Gasteiger partial charge in [0.15, 0.2) is 5.78 Å². The molecule has 0 radical (unpaired) electrons. The molecule has 0 aliphatic heterocycles. The summed E-state index contributed by atoms with van der Waals surface area (Å²) < 4.78 is 13.5. The Hall–Kier alpha value is -0.450. The molecular formula is C12H14FIO. The zero-order valence-corrected chi connectivity index (χ0v) is 11.0. The minimum Gasteiger partial charge on any atom is -0.294 e. The molecule has 1 aromatic rings. The highest BCUT2D eigenvalue weighted by Crippen LogP contribution is 2.19. The van der Waals surface area contributed by atoms with Crippen molar-refractivity contribution in [3.63, 3.8) is 0 Å². The molecule has 1 aromatic carbocycles. The third-order valence-electron chi connectivity index (χ3n) is 2.37. The largest absolute Gasteiger partial charge is 0.294 e. The summed E-state index contributed by atoms with van der Waals surface area (Å²) in [5.74, 6) is -0.158. The number of carbonyl (C=O) groups is 1. The van der Waals surface area contributed by atoms with Crippen LogP contribution in [0.25, 0.3) is 0 Å². The molecule has 0 aliphatic rings. The van der Waals surface area contributed by atoms with Crippen LogP contribution in [0.3, 0.4) is 0 Å². The van der Waals surface area contributed by atoms with Gasteiger partial charge in [-0.1, -0.05) is 20.3 Å². The lowest BCUT2D eigenvalue weighted by Crippen LogP contribution is -2.12. The first-order valence-electron chi connectivity index (χ1n) is 5.05. The Morgan fingerprint density at radius 3 is 2.73 bits per heavy atom. The Labute approximate surface area is 103 Å². The summed E-state index contributed by atoms with van der Waals surface area (Å²) in [5, 5.41) is 0. The molecule has 1 unspecified atom stereocenters. The second-order valence-corrected chi connectivity index (χ2v) is 4.84. The number of hydrogen-bond donors (Lipinski definition) is 0. The average molecular weight is 320 g/mol. The van der Waals surface area contributed by atoms with E-state index in [1.165, 1.54) is 12.1 Å². The lowest BCUT2D eigenvalue weighted by atomic mass is 9.95. The van der Waals surface area contributed by atoms with Crippen LogP contribution in [0.2, 0.25) is 0 Å². The zero-order valence-electron chi connectivity index (χ0n) is 8.89. The van der Waals surface area contributed by atoms with Gasteiger partial charge in [-0.2, -0.15) is 0 Å². The standard InChI is InChI=1S/C12H14FIO/c1-3-4-8(2)12(15)10-6-5-9(13)7-11(10)14/h5-8H,3-4H2,1-2H3. The molecule has 0 N–H and O–H groups in total. The van der Waals surface area contributed by atoms with Gasteiger partial charge in [-0.05, 0) is 47.2 Å². The van der Waals surface area contributed by atoms with Crippen LogP contribution in [-0.4, -0.2) is 5.78 Å². The van der Waals surface area contributed by atoms with Crippen LogP contribution in [0.1, 0.15) is 37.0 Å².